The maximum absolute atomic E-state index is 13.5. The summed E-state index contributed by atoms with van der Waals surface area (Å²) in [7, 11) is 5.53. The predicted octanol–water partition coefficient (Wildman–Crippen LogP) is 7.75. The van der Waals surface area contributed by atoms with Crippen LogP contribution in [0.15, 0.2) is 98.6 Å². The summed E-state index contributed by atoms with van der Waals surface area (Å²) in [5, 5.41) is 10.2. The van der Waals surface area contributed by atoms with E-state index in [0.29, 0.717) is 37.4 Å². The largest absolute Gasteiger partial charge is 0.493 e. The third-order valence-electron chi connectivity index (χ3n) is 6.43. The van der Waals surface area contributed by atoms with E-state index in [4.69, 9.17) is 37.1 Å². The minimum atomic E-state index is -0.206. The number of carbonyl (C=O) groups is 1. The molecule has 1 aliphatic rings. The number of anilines is 1. The Morgan fingerprint density at radius 2 is 1.79 bits per heavy atom. The number of carbonyl (C=O) groups excluding carboxylic acids is 1. The van der Waals surface area contributed by atoms with E-state index in [2.05, 4.69) is 10.2 Å². The lowest BCUT2D eigenvalue weighted by Gasteiger charge is -2.13. The molecule has 0 aliphatic carbocycles. The van der Waals surface area contributed by atoms with Crippen LogP contribution in [0.4, 0.5) is 5.69 Å². The lowest BCUT2D eigenvalue weighted by Crippen LogP contribution is -2.28. The van der Waals surface area contributed by atoms with Crippen LogP contribution >= 0.6 is 35.0 Å². The van der Waals surface area contributed by atoms with Crippen molar-refractivity contribution in [3.05, 3.63) is 116 Å². The Labute approximate surface area is 264 Å². The van der Waals surface area contributed by atoms with E-state index in [-0.39, 0.29) is 19.1 Å². The summed E-state index contributed by atoms with van der Waals surface area (Å²) in [6.45, 7) is 0.467. The molecule has 11 heteroatoms. The summed E-state index contributed by atoms with van der Waals surface area (Å²) < 4.78 is 17.0. The second-order valence-corrected chi connectivity index (χ2v) is 11.5. The smallest absolute Gasteiger partial charge is 0.267 e. The number of methoxy groups -OCH3 is 1. The van der Waals surface area contributed by atoms with Crippen molar-refractivity contribution >= 4 is 64.0 Å². The number of hydrogen-bond donors (Lipinski definition) is 0. The topological polar surface area (TPSA) is 79.9 Å². The maximum atomic E-state index is 13.5. The van der Waals surface area contributed by atoms with Gasteiger partial charge in [-0.3, -0.25) is 9.69 Å². The molecular weight excluding hydrogens is 607 g/mol. The van der Waals surface area contributed by atoms with Gasteiger partial charge in [0.25, 0.3) is 5.91 Å². The second-order valence-electron chi connectivity index (χ2n) is 9.63. The van der Waals surface area contributed by atoms with E-state index >= 15 is 0 Å². The van der Waals surface area contributed by atoms with Crippen molar-refractivity contribution in [3.8, 4) is 11.5 Å². The molecule has 5 rings (SSSR count). The first kappa shape index (κ1) is 30.3. The highest BCUT2D eigenvalue weighted by atomic mass is 35.5. The molecule has 0 bridgehead atoms. The minimum absolute atomic E-state index is 0.206. The normalized spacial score (nSPS) is 15.2. The number of amides is 1. The van der Waals surface area contributed by atoms with Crippen molar-refractivity contribution in [3.63, 3.8) is 0 Å². The highest BCUT2D eigenvalue weighted by molar-refractivity contribution is 8.18. The summed E-state index contributed by atoms with van der Waals surface area (Å²) in [6, 6.07) is 22.2. The molecule has 4 aromatic rings. The van der Waals surface area contributed by atoms with Crippen molar-refractivity contribution in [2.75, 3.05) is 26.1 Å². The zero-order chi connectivity index (χ0) is 30.3. The van der Waals surface area contributed by atoms with Gasteiger partial charge in [-0.15, -0.1) is 5.10 Å². The number of furan rings is 1. The van der Waals surface area contributed by atoms with Gasteiger partial charge in [-0.25, -0.2) is 0 Å². The molecule has 1 aromatic heterocycles. The van der Waals surface area contributed by atoms with Gasteiger partial charge in [0.1, 0.15) is 12.4 Å². The van der Waals surface area contributed by atoms with Crippen LogP contribution in [0, 0.1) is 0 Å². The molecule has 1 amide bonds. The van der Waals surface area contributed by atoms with E-state index < -0.39 is 0 Å². The Balaban J connectivity index is 1.36. The van der Waals surface area contributed by atoms with E-state index in [9.17, 15) is 4.79 Å². The van der Waals surface area contributed by atoms with Gasteiger partial charge < -0.3 is 18.8 Å². The SMILES string of the molecule is COc1cc(/C=C2\S/C(=N\N=C\c3ccc(N(C)C)cc3)N(Cc3ccco3)C2=O)ccc1OCc1ccc(Cl)cc1Cl. The first-order valence-corrected chi connectivity index (χ1v) is 14.7. The average Bonchev–Trinajstić information content (AvgIpc) is 3.61. The lowest BCUT2D eigenvalue weighted by molar-refractivity contribution is -0.122. The van der Waals surface area contributed by atoms with Gasteiger partial charge in [0.2, 0.25) is 0 Å². The number of nitrogens with zero attached hydrogens (tertiary/aromatic N) is 4. The molecule has 0 radical (unpaired) electrons. The quantitative estimate of drug-likeness (QED) is 0.101. The predicted molar refractivity (Wildman–Crippen MR) is 174 cm³/mol. The van der Waals surface area contributed by atoms with Gasteiger partial charge in [0.15, 0.2) is 16.7 Å². The molecular formula is C32H28Cl2N4O4S. The summed E-state index contributed by atoms with van der Waals surface area (Å²) in [4.78, 5) is 17.6. The highest BCUT2D eigenvalue weighted by Gasteiger charge is 2.34. The Morgan fingerprint density at radius 1 is 1.00 bits per heavy atom. The number of halogens is 2. The van der Waals surface area contributed by atoms with E-state index in [1.54, 1.807) is 60.9 Å². The number of benzene rings is 3. The average molecular weight is 636 g/mol. The third-order valence-corrected chi connectivity index (χ3v) is 8.01. The molecule has 1 fully saturated rings. The molecule has 1 saturated heterocycles. The van der Waals surface area contributed by atoms with Gasteiger partial charge in [0, 0.05) is 35.4 Å². The van der Waals surface area contributed by atoms with Crippen molar-refractivity contribution in [1.82, 2.24) is 4.90 Å². The van der Waals surface area contributed by atoms with Crippen molar-refractivity contribution in [1.29, 1.82) is 0 Å². The standard InChI is InChI=1S/C32H28Cl2N4O4S/c1-37(2)25-11-6-21(7-12-25)18-35-36-32-38(19-26-5-4-14-41-26)31(39)30(43-32)16-22-8-13-28(29(15-22)40-3)42-20-23-9-10-24(33)17-27(23)34/h4-18H,19-20H2,1-3H3/b30-16-,35-18+,36-32-. The van der Waals surface area contributed by atoms with E-state index in [1.165, 1.54) is 11.8 Å². The minimum Gasteiger partial charge on any atom is -0.493 e. The Bertz CT molecular complexity index is 1690. The zero-order valence-electron chi connectivity index (χ0n) is 23.7. The molecule has 1 aliphatic heterocycles. The number of ether oxygens (including phenoxy) is 2. The molecule has 0 saturated carbocycles. The number of rotatable bonds is 10. The van der Waals surface area contributed by atoms with E-state index in [1.807, 2.05) is 61.5 Å². The second kappa shape index (κ2) is 13.9. The van der Waals surface area contributed by atoms with Gasteiger partial charge in [0.05, 0.1) is 31.0 Å². The molecule has 0 atom stereocenters. The van der Waals surface area contributed by atoms with Gasteiger partial charge >= 0.3 is 0 Å². The van der Waals surface area contributed by atoms with Crippen LogP contribution in [0.1, 0.15) is 22.5 Å². The van der Waals surface area contributed by atoms with Crippen LogP contribution in [0.2, 0.25) is 10.0 Å². The van der Waals surface area contributed by atoms with Crippen LogP contribution in [0.25, 0.3) is 6.08 Å². The molecule has 2 heterocycles. The van der Waals surface area contributed by atoms with Crippen LogP contribution < -0.4 is 14.4 Å². The first-order chi connectivity index (χ1) is 20.8. The summed E-state index contributed by atoms with van der Waals surface area (Å²) in [5.74, 6) is 1.48. The zero-order valence-corrected chi connectivity index (χ0v) is 26.0. The fourth-order valence-corrected chi connectivity index (χ4v) is 5.52. The van der Waals surface area contributed by atoms with Gasteiger partial charge in [-0.2, -0.15) is 5.10 Å². The molecule has 0 N–H and O–H groups in total. The Morgan fingerprint density at radius 3 is 2.49 bits per heavy atom. The fraction of sp³-hybridized carbons (Fsp3) is 0.156. The fourth-order valence-electron chi connectivity index (χ4n) is 4.12. The van der Waals surface area contributed by atoms with Gasteiger partial charge in [-0.05, 0) is 77.5 Å². The molecule has 8 nitrogen and oxygen atoms in total. The highest BCUT2D eigenvalue weighted by Crippen LogP contribution is 2.36. The number of thioether (sulfide) groups is 1. The van der Waals surface area contributed by atoms with Crippen LogP contribution in [0.3, 0.4) is 0 Å². The number of hydrogen-bond acceptors (Lipinski definition) is 8. The third kappa shape index (κ3) is 7.62. The van der Waals surface area contributed by atoms with Crippen molar-refractivity contribution in [2.24, 2.45) is 10.2 Å². The van der Waals surface area contributed by atoms with Gasteiger partial charge in [-0.1, -0.05) is 47.5 Å². The van der Waals surface area contributed by atoms with E-state index in [0.717, 1.165) is 22.4 Å². The maximum Gasteiger partial charge on any atom is 0.267 e. The summed E-state index contributed by atoms with van der Waals surface area (Å²) >= 11 is 13.5. The first-order valence-electron chi connectivity index (χ1n) is 13.2. The lowest BCUT2D eigenvalue weighted by atomic mass is 10.1. The molecule has 0 unspecified atom stereocenters. The molecule has 220 valence electrons. The monoisotopic (exact) mass is 634 g/mol. The summed E-state index contributed by atoms with van der Waals surface area (Å²) in [6.07, 6.45) is 5.02. The molecule has 3 aromatic carbocycles. The van der Waals surface area contributed by atoms with Crippen molar-refractivity contribution in [2.45, 2.75) is 13.2 Å². The molecule has 0 spiro atoms. The molecule has 43 heavy (non-hydrogen) atoms. The van der Waals surface area contributed by atoms with Crippen LogP contribution in [0.5, 0.6) is 11.5 Å². The number of amidine groups is 1. The summed E-state index contributed by atoms with van der Waals surface area (Å²) in [5.41, 5.74) is 3.53. The Kier molecular flexibility index (Phi) is 9.76. The Hall–Kier alpha value is -4.18. The van der Waals surface area contributed by atoms with Crippen LogP contribution in [-0.2, 0) is 17.9 Å². The van der Waals surface area contributed by atoms with Crippen molar-refractivity contribution < 1.29 is 18.7 Å². The van der Waals surface area contributed by atoms with Crippen LogP contribution in [-0.4, -0.2) is 43.4 Å².